The molecule has 0 aromatic rings. The van der Waals surface area contributed by atoms with Gasteiger partial charge in [-0.25, -0.2) is 0 Å². The fourth-order valence-electron chi connectivity index (χ4n) is 6.35. The van der Waals surface area contributed by atoms with Gasteiger partial charge in [0.15, 0.2) is 0 Å². The second-order valence-corrected chi connectivity index (χ2v) is 13.4. The summed E-state index contributed by atoms with van der Waals surface area (Å²) in [5, 5.41) is 9.11. The third-order valence-electron chi connectivity index (χ3n) is 8.03. The summed E-state index contributed by atoms with van der Waals surface area (Å²) >= 11 is 1.68. The number of aliphatic hydroxyl groups excluding tert-OH is 1. The fourth-order valence-corrected chi connectivity index (χ4v) is 8.69. The van der Waals surface area contributed by atoms with Gasteiger partial charge in [0.2, 0.25) is 11.8 Å². The average molecular weight is 521 g/mol. The van der Waals surface area contributed by atoms with E-state index in [0.717, 1.165) is 38.5 Å². The molecule has 2 unspecified atom stereocenters. The molecule has 8 heteroatoms. The number of carbonyl (C=O) groups excluding carboxylic acids is 3. The summed E-state index contributed by atoms with van der Waals surface area (Å²) in [7, 11) is 0. The van der Waals surface area contributed by atoms with E-state index in [1.54, 1.807) is 28.8 Å². The minimum Gasteiger partial charge on any atom is -0.465 e. The Morgan fingerprint density at radius 3 is 2.50 bits per heavy atom. The highest BCUT2D eigenvalue weighted by molar-refractivity contribution is 8.02. The van der Waals surface area contributed by atoms with Crippen molar-refractivity contribution < 1.29 is 24.2 Å². The summed E-state index contributed by atoms with van der Waals surface area (Å²) in [6.45, 7) is 16.9. The smallest absolute Gasteiger partial charge is 0.311 e. The predicted molar refractivity (Wildman–Crippen MR) is 143 cm³/mol. The molecular weight excluding hydrogens is 476 g/mol. The second-order valence-electron chi connectivity index (χ2n) is 11.6. The Morgan fingerprint density at radius 1 is 1.19 bits per heavy atom. The minimum atomic E-state index is -0.638. The topological polar surface area (TPSA) is 87.1 Å². The van der Waals surface area contributed by atoms with Crippen LogP contribution in [-0.2, 0) is 19.1 Å². The Labute approximate surface area is 220 Å². The minimum absolute atomic E-state index is 0.0639. The number of esters is 1. The summed E-state index contributed by atoms with van der Waals surface area (Å²) in [5.41, 5.74) is -0.440. The number of thioether (sulfide) groups is 1. The van der Waals surface area contributed by atoms with Crippen molar-refractivity contribution in [1.29, 1.82) is 0 Å². The van der Waals surface area contributed by atoms with Crippen LogP contribution in [0.2, 0.25) is 0 Å². The number of amides is 2. The van der Waals surface area contributed by atoms with Crippen LogP contribution in [-0.4, -0.2) is 80.1 Å². The number of nitrogens with zero attached hydrogens (tertiary/aromatic N) is 2. The molecule has 36 heavy (non-hydrogen) atoms. The van der Waals surface area contributed by atoms with Gasteiger partial charge in [-0.1, -0.05) is 25.0 Å². The van der Waals surface area contributed by atoms with Crippen LogP contribution in [0.3, 0.4) is 0 Å². The highest BCUT2D eigenvalue weighted by Crippen LogP contribution is 2.71. The van der Waals surface area contributed by atoms with Crippen LogP contribution in [0.1, 0.15) is 72.6 Å². The molecule has 0 aromatic heterocycles. The van der Waals surface area contributed by atoms with Crippen molar-refractivity contribution in [2.24, 2.45) is 11.8 Å². The first-order valence-corrected chi connectivity index (χ1v) is 14.1. The Bertz CT molecular complexity index is 870. The zero-order chi connectivity index (χ0) is 26.7. The van der Waals surface area contributed by atoms with E-state index in [1.807, 2.05) is 25.7 Å². The highest BCUT2D eigenvalue weighted by atomic mass is 32.2. The standard InChI is InChI=1S/C28H44N2O5S/c1-7-9-19-35-25(34)21-20-23(32)29(17-12-10-11-13-18-31)22(28(20)15-14-27(21,6)36-28)24(33)30(16-8-2)26(3,4)5/h7-8,20-22,31H,1-2,9-19H2,3-6H3/t20-,21+,22?,27-,28?/m0/s1. The van der Waals surface area contributed by atoms with Gasteiger partial charge in [0.25, 0.3) is 0 Å². The molecule has 0 radical (unpaired) electrons. The molecule has 0 aliphatic carbocycles. The molecule has 0 saturated carbocycles. The molecule has 3 fully saturated rings. The average Bonchev–Trinajstić information content (AvgIpc) is 3.37. The zero-order valence-electron chi connectivity index (χ0n) is 22.5. The summed E-state index contributed by atoms with van der Waals surface area (Å²) < 4.78 is 4.54. The molecule has 202 valence electrons. The van der Waals surface area contributed by atoms with Crippen LogP contribution >= 0.6 is 11.8 Å². The summed E-state index contributed by atoms with van der Waals surface area (Å²) in [4.78, 5) is 45.3. The van der Waals surface area contributed by atoms with Crippen LogP contribution in [0.25, 0.3) is 0 Å². The van der Waals surface area contributed by atoms with Crippen LogP contribution in [0.5, 0.6) is 0 Å². The van der Waals surface area contributed by atoms with E-state index in [0.29, 0.717) is 19.5 Å². The number of hydrogen-bond acceptors (Lipinski definition) is 6. The molecule has 0 aromatic carbocycles. The number of hydrogen-bond donors (Lipinski definition) is 1. The van der Waals surface area contributed by atoms with Gasteiger partial charge in [-0.3, -0.25) is 14.4 Å². The summed E-state index contributed by atoms with van der Waals surface area (Å²) in [6, 6.07) is -0.621. The van der Waals surface area contributed by atoms with E-state index in [4.69, 9.17) is 9.84 Å². The van der Waals surface area contributed by atoms with Crippen LogP contribution in [0.4, 0.5) is 0 Å². The number of unbranched alkanes of at least 4 members (excludes halogenated alkanes) is 3. The molecule has 3 rings (SSSR count). The van der Waals surface area contributed by atoms with E-state index in [-0.39, 0.29) is 31.0 Å². The van der Waals surface area contributed by atoms with Gasteiger partial charge >= 0.3 is 5.97 Å². The second kappa shape index (κ2) is 11.3. The van der Waals surface area contributed by atoms with Crippen molar-refractivity contribution in [3.05, 3.63) is 25.3 Å². The molecular formula is C28H44N2O5S. The van der Waals surface area contributed by atoms with E-state index in [2.05, 4.69) is 20.1 Å². The van der Waals surface area contributed by atoms with E-state index in [1.165, 1.54) is 0 Å². The Balaban J connectivity index is 1.98. The number of aliphatic hydroxyl groups is 1. The number of fused-ring (bicyclic) bond motifs is 1. The van der Waals surface area contributed by atoms with Gasteiger partial charge in [-0.15, -0.1) is 24.9 Å². The van der Waals surface area contributed by atoms with Crippen LogP contribution < -0.4 is 0 Å². The molecule has 1 spiro atoms. The lowest BCUT2D eigenvalue weighted by Crippen LogP contribution is -2.58. The lowest BCUT2D eigenvalue weighted by atomic mass is 9.66. The van der Waals surface area contributed by atoms with Crippen molar-refractivity contribution in [2.45, 2.75) is 93.7 Å². The van der Waals surface area contributed by atoms with Gasteiger partial charge in [0.05, 0.1) is 23.2 Å². The Kier molecular flexibility index (Phi) is 9.03. The Hall–Kier alpha value is -1.80. The predicted octanol–water partition coefficient (Wildman–Crippen LogP) is 3.95. The summed E-state index contributed by atoms with van der Waals surface area (Å²) in [6.07, 6.45) is 8.74. The molecule has 3 aliphatic rings. The van der Waals surface area contributed by atoms with Crippen molar-refractivity contribution in [3.8, 4) is 0 Å². The molecule has 5 atom stereocenters. The van der Waals surface area contributed by atoms with Crippen LogP contribution in [0, 0.1) is 11.8 Å². The van der Waals surface area contributed by atoms with E-state index < -0.39 is 32.9 Å². The van der Waals surface area contributed by atoms with Crippen molar-refractivity contribution in [3.63, 3.8) is 0 Å². The largest absolute Gasteiger partial charge is 0.465 e. The highest BCUT2D eigenvalue weighted by Gasteiger charge is 2.77. The quantitative estimate of drug-likeness (QED) is 0.225. The third kappa shape index (κ3) is 5.13. The first kappa shape index (κ1) is 28.8. The normalized spacial score (nSPS) is 30.9. The Morgan fingerprint density at radius 2 is 1.89 bits per heavy atom. The lowest BCUT2D eigenvalue weighted by Gasteiger charge is -2.42. The van der Waals surface area contributed by atoms with Gasteiger partial charge < -0.3 is 19.6 Å². The maximum Gasteiger partial charge on any atom is 0.311 e. The van der Waals surface area contributed by atoms with Crippen molar-refractivity contribution in [1.82, 2.24) is 9.80 Å². The molecule has 3 aliphatic heterocycles. The summed E-state index contributed by atoms with van der Waals surface area (Å²) in [5.74, 6) is -1.61. The van der Waals surface area contributed by atoms with Gasteiger partial charge in [0, 0.05) is 30.0 Å². The molecule has 2 amide bonds. The zero-order valence-corrected chi connectivity index (χ0v) is 23.3. The molecule has 2 bridgehead atoms. The monoisotopic (exact) mass is 520 g/mol. The molecule has 7 nitrogen and oxygen atoms in total. The van der Waals surface area contributed by atoms with Gasteiger partial charge in [-0.05, 0) is 59.8 Å². The van der Waals surface area contributed by atoms with E-state index in [9.17, 15) is 14.4 Å². The van der Waals surface area contributed by atoms with Gasteiger partial charge in [-0.2, -0.15) is 0 Å². The fraction of sp³-hybridized carbons (Fsp3) is 0.750. The van der Waals surface area contributed by atoms with Gasteiger partial charge in [0.1, 0.15) is 6.04 Å². The number of likely N-dealkylation sites (tertiary alicyclic amines) is 1. The number of carbonyl (C=O) groups is 3. The maximum absolute atomic E-state index is 14.3. The third-order valence-corrected chi connectivity index (χ3v) is 10.0. The molecule has 1 N–H and O–H groups in total. The van der Waals surface area contributed by atoms with Crippen molar-refractivity contribution >= 4 is 29.5 Å². The first-order valence-electron chi connectivity index (χ1n) is 13.3. The number of ether oxygens (including phenoxy) is 1. The van der Waals surface area contributed by atoms with Crippen molar-refractivity contribution in [2.75, 3.05) is 26.3 Å². The SMILES string of the molecule is C=CCCOC(=O)[C@H]1[C@H]2C(=O)N(CCCCCCO)C(C(=O)N(CC=C)C(C)(C)C)C23CC[C@]1(C)S3. The van der Waals surface area contributed by atoms with E-state index >= 15 is 0 Å². The molecule has 3 saturated heterocycles. The first-order chi connectivity index (χ1) is 17.0. The lowest BCUT2D eigenvalue weighted by molar-refractivity contribution is -0.155. The molecule has 3 heterocycles. The number of rotatable bonds is 13. The maximum atomic E-state index is 14.3. The van der Waals surface area contributed by atoms with Crippen LogP contribution in [0.15, 0.2) is 25.3 Å².